The molecule has 0 aromatic heterocycles. The lowest BCUT2D eigenvalue weighted by atomic mass is 10.1. The first kappa shape index (κ1) is 32.6. The molecular weight excluding hydrogens is 510 g/mol. The molecule has 0 fully saturated rings. The zero-order chi connectivity index (χ0) is 28.3. The Bertz CT molecular complexity index is 991. The molecule has 0 aliphatic carbocycles. The lowest BCUT2D eigenvalue weighted by Gasteiger charge is -2.27. The number of aliphatic carboxylic acids is 2. The lowest BCUT2D eigenvalue weighted by Crippen LogP contribution is -2.51. The first-order valence-corrected chi connectivity index (χ1v) is 13.4. The number of nitrogens with two attached hydrogens (primary N) is 1. The fourth-order valence-corrected chi connectivity index (χ4v) is 4.16. The summed E-state index contributed by atoms with van der Waals surface area (Å²) in [4.78, 5) is 49.2. The first-order valence-electron chi connectivity index (χ1n) is 12.2. The third kappa shape index (κ3) is 13.2. The number of carboxylic acid groups (broad SMARTS) is 2. The largest absolute Gasteiger partial charge is 0.480 e. The average Bonchev–Trinajstić information content (AvgIpc) is 2.91. The number of hydrogen-bond donors (Lipinski definition) is 4. The Morgan fingerprint density at radius 1 is 0.974 bits per heavy atom. The molecule has 10 nitrogen and oxygen atoms in total. The summed E-state index contributed by atoms with van der Waals surface area (Å²) in [5, 5.41) is 20.8. The minimum absolute atomic E-state index is 0.0865. The summed E-state index contributed by atoms with van der Waals surface area (Å²) in [5.41, 5.74) is 6.89. The third-order valence-electron chi connectivity index (χ3n) is 5.06. The maximum atomic E-state index is 13.3. The van der Waals surface area contributed by atoms with Crippen molar-refractivity contribution >= 4 is 41.2 Å². The van der Waals surface area contributed by atoms with Crippen molar-refractivity contribution in [2.45, 2.75) is 44.5 Å². The highest BCUT2D eigenvalue weighted by Crippen LogP contribution is 2.18. The number of benzene rings is 2. The SMILES string of the molecule is CCOCC.NC(CCC(=O)NC(CSCc1ccccc1)C(=O)N(CC(=O)O)c1ccccc1)C(=O)O. The van der Waals surface area contributed by atoms with Crippen molar-refractivity contribution < 1.29 is 34.1 Å². The number of nitrogens with one attached hydrogen (secondary N) is 1. The molecule has 0 spiro atoms. The van der Waals surface area contributed by atoms with Crippen molar-refractivity contribution in [3.63, 3.8) is 0 Å². The van der Waals surface area contributed by atoms with E-state index in [0.717, 1.165) is 23.7 Å². The molecule has 0 aliphatic rings. The van der Waals surface area contributed by atoms with Crippen molar-refractivity contribution in [3.8, 4) is 0 Å². The van der Waals surface area contributed by atoms with Gasteiger partial charge < -0.3 is 26.0 Å². The molecule has 5 N–H and O–H groups in total. The van der Waals surface area contributed by atoms with E-state index in [-0.39, 0.29) is 18.6 Å². The topological polar surface area (TPSA) is 159 Å². The van der Waals surface area contributed by atoms with Crippen molar-refractivity contribution in [1.29, 1.82) is 0 Å². The van der Waals surface area contributed by atoms with Gasteiger partial charge in [0.15, 0.2) is 0 Å². The van der Waals surface area contributed by atoms with E-state index in [1.165, 1.54) is 11.8 Å². The number of thioether (sulfide) groups is 1. The van der Waals surface area contributed by atoms with Crippen LogP contribution in [0.15, 0.2) is 60.7 Å². The van der Waals surface area contributed by atoms with Crippen LogP contribution in [0.5, 0.6) is 0 Å². The quantitative estimate of drug-likeness (QED) is 0.263. The Hall–Kier alpha value is -3.41. The zero-order valence-electron chi connectivity index (χ0n) is 21.7. The highest BCUT2D eigenvalue weighted by atomic mass is 32.2. The van der Waals surface area contributed by atoms with Gasteiger partial charge in [-0.2, -0.15) is 11.8 Å². The van der Waals surface area contributed by atoms with Crippen LogP contribution in [0.25, 0.3) is 0 Å². The average molecular weight is 548 g/mol. The number of amides is 2. The zero-order valence-corrected chi connectivity index (χ0v) is 22.6. The minimum Gasteiger partial charge on any atom is -0.480 e. The number of para-hydroxylation sites is 1. The molecule has 0 radical (unpaired) electrons. The van der Waals surface area contributed by atoms with Gasteiger partial charge in [0, 0.05) is 36.8 Å². The molecule has 2 aromatic carbocycles. The van der Waals surface area contributed by atoms with E-state index >= 15 is 0 Å². The number of carbonyl (C=O) groups is 4. The van der Waals surface area contributed by atoms with E-state index < -0.39 is 42.4 Å². The number of nitrogens with zero attached hydrogens (tertiary/aromatic N) is 1. The molecule has 2 aromatic rings. The van der Waals surface area contributed by atoms with E-state index in [1.807, 2.05) is 44.2 Å². The number of carboxylic acids is 2. The van der Waals surface area contributed by atoms with Gasteiger partial charge >= 0.3 is 11.9 Å². The van der Waals surface area contributed by atoms with Gasteiger partial charge in [0.1, 0.15) is 18.6 Å². The van der Waals surface area contributed by atoms with Gasteiger partial charge in [0.05, 0.1) is 0 Å². The van der Waals surface area contributed by atoms with Gasteiger partial charge in [0.25, 0.3) is 5.91 Å². The van der Waals surface area contributed by atoms with Crippen LogP contribution < -0.4 is 16.0 Å². The number of ether oxygens (including phenoxy) is 1. The second-order valence-electron chi connectivity index (χ2n) is 8.04. The molecule has 2 atom stereocenters. The summed E-state index contributed by atoms with van der Waals surface area (Å²) in [6.07, 6.45) is -0.262. The fraction of sp³-hybridized carbons (Fsp3) is 0.407. The van der Waals surface area contributed by atoms with Crippen LogP contribution in [0.2, 0.25) is 0 Å². The molecule has 2 amide bonds. The predicted molar refractivity (Wildman–Crippen MR) is 148 cm³/mol. The van der Waals surface area contributed by atoms with Crippen molar-refractivity contribution in [2.24, 2.45) is 5.73 Å². The van der Waals surface area contributed by atoms with Gasteiger partial charge in [-0.05, 0) is 38.0 Å². The minimum atomic E-state index is -1.22. The molecule has 0 bridgehead atoms. The standard InChI is InChI=1S/C23H27N3O6S.C4H10O/c24-18(23(31)32)11-12-20(27)25-19(15-33-14-16-7-3-1-4-8-16)22(30)26(13-21(28)29)17-9-5-2-6-10-17;1-3-5-4-2/h1-10,18-19H,11-15,24H2,(H,25,27)(H,28,29)(H,31,32);3-4H2,1-2H3. The van der Waals surface area contributed by atoms with Crippen LogP contribution in [0, 0.1) is 0 Å². The summed E-state index contributed by atoms with van der Waals surface area (Å²) >= 11 is 1.42. The molecule has 0 saturated heterocycles. The summed E-state index contributed by atoms with van der Waals surface area (Å²) in [6, 6.07) is 15.7. The van der Waals surface area contributed by atoms with E-state index in [1.54, 1.807) is 30.3 Å². The van der Waals surface area contributed by atoms with Crippen LogP contribution in [0.4, 0.5) is 5.69 Å². The molecule has 2 rings (SSSR count). The summed E-state index contributed by atoms with van der Waals surface area (Å²) in [6.45, 7) is 5.10. The van der Waals surface area contributed by atoms with Gasteiger partial charge in [-0.3, -0.25) is 24.1 Å². The first-order chi connectivity index (χ1) is 18.2. The lowest BCUT2D eigenvalue weighted by molar-refractivity contribution is -0.139. The second-order valence-corrected chi connectivity index (χ2v) is 9.07. The van der Waals surface area contributed by atoms with Crippen molar-refractivity contribution in [2.75, 3.05) is 30.4 Å². The van der Waals surface area contributed by atoms with Crippen LogP contribution >= 0.6 is 11.8 Å². The van der Waals surface area contributed by atoms with E-state index in [0.29, 0.717) is 11.4 Å². The Labute approximate surface area is 227 Å². The Morgan fingerprint density at radius 2 is 1.55 bits per heavy atom. The predicted octanol–water partition coefficient (Wildman–Crippen LogP) is 2.76. The second kappa shape index (κ2) is 18.8. The smallest absolute Gasteiger partial charge is 0.323 e. The molecule has 11 heteroatoms. The van der Waals surface area contributed by atoms with E-state index in [2.05, 4.69) is 5.32 Å². The number of anilines is 1. The fourth-order valence-electron chi connectivity index (χ4n) is 3.15. The van der Waals surface area contributed by atoms with Crippen LogP contribution in [-0.4, -0.2) is 71.6 Å². The summed E-state index contributed by atoms with van der Waals surface area (Å²) < 4.78 is 4.83. The van der Waals surface area contributed by atoms with E-state index in [4.69, 9.17) is 15.6 Å². The van der Waals surface area contributed by atoms with Crippen LogP contribution in [0.1, 0.15) is 32.3 Å². The highest BCUT2D eigenvalue weighted by molar-refractivity contribution is 7.98. The van der Waals surface area contributed by atoms with Crippen molar-refractivity contribution in [1.82, 2.24) is 5.32 Å². The third-order valence-corrected chi connectivity index (χ3v) is 6.17. The Balaban J connectivity index is 0.00000132. The molecule has 38 heavy (non-hydrogen) atoms. The monoisotopic (exact) mass is 547 g/mol. The molecular formula is C27H37N3O7S. The number of carbonyl (C=O) groups excluding carboxylic acids is 2. The maximum Gasteiger partial charge on any atom is 0.323 e. The van der Waals surface area contributed by atoms with Crippen LogP contribution in [-0.2, 0) is 29.7 Å². The molecule has 0 aliphatic heterocycles. The Morgan fingerprint density at radius 3 is 2.05 bits per heavy atom. The van der Waals surface area contributed by atoms with Gasteiger partial charge in [-0.25, -0.2) is 0 Å². The van der Waals surface area contributed by atoms with E-state index in [9.17, 15) is 24.3 Å². The number of hydrogen-bond acceptors (Lipinski definition) is 7. The van der Waals surface area contributed by atoms with Gasteiger partial charge in [-0.1, -0.05) is 48.5 Å². The molecule has 0 saturated carbocycles. The maximum absolute atomic E-state index is 13.3. The van der Waals surface area contributed by atoms with Gasteiger partial charge in [0.2, 0.25) is 5.91 Å². The van der Waals surface area contributed by atoms with Crippen LogP contribution in [0.3, 0.4) is 0 Å². The molecule has 208 valence electrons. The summed E-state index contributed by atoms with van der Waals surface area (Å²) in [7, 11) is 0. The molecule has 2 unspecified atom stereocenters. The molecule has 0 heterocycles. The Kier molecular flexibility index (Phi) is 16.1. The normalized spacial score (nSPS) is 11.9. The van der Waals surface area contributed by atoms with Gasteiger partial charge in [-0.15, -0.1) is 0 Å². The highest BCUT2D eigenvalue weighted by Gasteiger charge is 2.29. The number of rotatable bonds is 15. The summed E-state index contributed by atoms with van der Waals surface area (Å²) in [5.74, 6) is -2.72. The van der Waals surface area contributed by atoms with Crippen molar-refractivity contribution in [3.05, 3.63) is 66.2 Å².